The second-order valence-corrected chi connectivity index (χ2v) is 7.02. The Morgan fingerprint density at radius 3 is 2.84 bits per heavy atom. The van der Waals surface area contributed by atoms with Gasteiger partial charge in [-0.25, -0.2) is 0 Å². The molecule has 0 bridgehead atoms. The molecule has 0 aliphatic carbocycles. The number of nitrogens with one attached hydrogen (secondary N) is 2. The highest BCUT2D eigenvalue weighted by molar-refractivity contribution is 6.01. The Morgan fingerprint density at radius 2 is 2.03 bits per heavy atom. The van der Waals surface area contributed by atoms with Gasteiger partial charge in [-0.1, -0.05) is 11.2 Å². The quantitative estimate of drug-likeness (QED) is 0.469. The number of hydrogen-bond donors (Lipinski definition) is 2. The molecule has 10 nitrogen and oxygen atoms in total. The molecule has 0 fully saturated rings. The van der Waals surface area contributed by atoms with Crippen molar-refractivity contribution in [2.24, 2.45) is 0 Å². The molecule has 0 aliphatic rings. The summed E-state index contributed by atoms with van der Waals surface area (Å²) in [6.45, 7) is 4.74. The summed E-state index contributed by atoms with van der Waals surface area (Å²) < 4.78 is 6.80. The number of carbonyl (C=O) groups is 2. The zero-order chi connectivity index (χ0) is 21.8. The fourth-order valence-electron chi connectivity index (χ4n) is 3.22. The summed E-state index contributed by atoms with van der Waals surface area (Å²) in [6.07, 6.45) is 1.57. The lowest BCUT2D eigenvalue weighted by Gasteiger charge is -2.07. The zero-order valence-electron chi connectivity index (χ0n) is 17.1. The Labute approximate surface area is 177 Å². The minimum absolute atomic E-state index is 0.125. The average Bonchev–Trinajstić information content (AvgIpc) is 3.34. The van der Waals surface area contributed by atoms with Crippen LogP contribution in [0.2, 0.25) is 0 Å². The third-order valence-corrected chi connectivity index (χ3v) is 4.61. The van der Waals surface area contributed by atoms with Crippen LogP contribution >= 0.6 is 0 Å². The van der Waals surface area contributed by atoms with Crippen molar-refractivity contribution in [1.29, 1.82) is 0 Å². The lowest BCUT2D eigenvalue weighted by atomic mass is 10.2. The van der Waals surface area contributed by atoms with E-state index in [0.29, 0.717) is 18.8 Å². The molecule has 0 aliphatic heterocycles. The van der Waals surface area contributed by atoms with Gasteiger partial charge in [0.15, 0.2) is 5.82 Å². The highest BCUT2D eigenvalue weighted by Crippen LogP contribution is 2.21. The molecule has 10 heteroatoms. The van der Waals surface area contributed by atoms with Crippen LogP contribution in [0.15, 0.2) is 47.1 Å². The first-order chi connectivity index (χ1) is 15.0. The molecule has 0 radical (unpaired) electrons. The molecule has 4 aromatic rings. The van der Waals surface area contributed by atoms with E-state index < -0.39 is 5.91 Å². The molecule has 3 heterocycles. The van der Waals surface area contributed by atoms with E-state index in [-0.39, 0.29) is 24.0 Å². The number of fused-ring (bicyclic) bond motifs is 1. The molecular weight excluding hydrogens is 398 g/mol. The second-order valence-electron chi connectivity index (χ2n) is 7.02. The molecule has 158 valence electrons. The largest absolute Gasteiger partial charge is 0.346 e. The predicted octanol–water partition coefficient (Wildman–Crippen LogP) is 2.04. The number of anilines is 1. The Hall–Kier alpha value is -4.08. The number of benzene rings is 1. The normalized spacial score (nSPS) is 10.9. The van der Waals surface area contributed by atoms with Gasteiger partial charge in [0.1, 0.15) is 0 Å². The van der Waals surface area contributed by atoms with Crippen LogP contribution in [0.1, 0.15) is 27.9 Å². The van der Waals surface area contributed by atoms with Gasteiger partial charge in [0.05, 0.1) is 29.9 Å². The fourth-order valence-corrected chi connectivity index (χ4v) is 3.22. The van der Waals surface area contributed by atoms with Crippen LogP contribution in [0.5, 0.6) is 0 Å². The maximum Gasteiger partial charge on any atom is 0.315 e. The molecule has 0 saturated carbocycles. The lowest BCUT2D eigenvalue weighted by Crippen LogP contribution is -2.28. The number of hydrogen-bond acceptors (Lipinski definition) is 7. The van der Waals surface area contributed by atoms with Crippen LogP contribution in [0.4, 0.5) is 5.69 Å². The average molecular weight is 419 g/mol. The van der Waals surface area contributed by atoms with Crippen LogP contribution in [-0.4, -0.2) is 43.3 Å². The summed E-state index contributed by atoms with van der Waals surface area (Å²) in [7, 11) is 0. The lowest BCUT2D eigenvalue weighted by molar-refractivity contribution is -0.115. The summed E-state index contributed by atoms with van der Waals surface area (Å²) in [5.41, 5.74) is 3.35. The van der Waals surface area contributed by atoms with Gasteiger partial charge < -0.3 is 15.2 Å². The smallest absolute Gasteiger partial charge is 0.315 e. The van der Waals surface area contributed by atoms with Crippen LogP contribution in [0.3, 0.4) is 0 Å². The molecule has 2 N–H and O–H groups in total. The molecule has 2 amide bonds. The van der Waals surface area contributed by atoms with Crippen molar-refractivity contribution in [2.45, 2.75) is 26.8 Å². The number of carbonyl (C=O) groups excluding carboxylic acids is 2. The SMILES string of the molecule is Cc1cc(C)n(CCNC(=O)c2nc(CC(=O)Nc3cccc4ncccc34)no2)n1. The molecular formula is C21H21N7O3. The number of aromatic nitrogens is 5. The third-order valence-electron chi connectivity index (χ3n) is 4.61. The highest BCUT2D eigenvalue weighted by atomic mass is 16.5. The maximum absolute atomic E-state index is 12.4. The number of amides is 2. The van der Waals surface area contributed by atoms with Gasteiger partial charge in [0.2, 0.25) is 5.91 Å². The van der Waals surface area contributed by atoms with Crippen molar-refractivity contribution in [2.75, 3.05) is 11.9 Å². The first-order valence-corrected chi connectivity index (χ1v) is 9.75. The van der Waals surface area contributed by atoms with E-state index in [4.69, 9.17) is 4.52 Å². The topological polar surface area (TPSA) is 128 Å². The van der Waals surface area contributed by atoms with Crippen LogP contribution in [-0.2, 0) is 17.8 Å². The van der Waals surface area contributed by atoms with E-state index >= 15 is 0 Å². The molecule has 31 heavy (non-hydrogen) atoms. The van der Waals surface area contributed by atoms with E-state index in [1.807, 2.05) is 42.8 Å². The van der Waals surface area contributed by atoms with Gasteiger partial charge in [-0.15, -0.1) is 0 Å². The van der Waals surface area contributed by atoms with E-state index in [1.54, 1.807) is 18.3 Å². The number of aryl methyl sites for hydroxylation is 2. The minimum Gasteiger partial charge on any atom is -0.346 e. The van der Waals surface area contributed by atoms with Crippen LogP contribution in [0, 0.1) is 13.8 Å². The Bertz CT molecular complexity index is 1240. The highest BCUT2D eigenvalue weighted by Gasteiger charge is 2.17. The van der Waals surface area contributed by atoms with Crippen molar-refractivity contribution in [3.05, 3.63) is 65.7 Å². The van der Waals surface area contributed by atoms with E-state index in [2.05, 4.69) is 30.9 Å². The zero-order valence-corrected chi connectivity index (χ0v) is 17.1. The fraction of sp³-hybridized carbons (Fsp3) is 0.238. The van der Waals surface area contributed by atoms with Crippen molar-refractivity contribution < 1.29 is 14.1 Å². The first-order valence-electron chi connectivity index (χ1n) is 9.75. The summed E-state index contributed by atoms with van der Waals surface area (Å²) in [5.74, 6) is -0.889. The van der Waals surface area contributed by atoms with Crippen LogP contribution in [0.25, 0.3) is 10.9 Å². The third kappa shape index (κ3) is 4.74. The molecule has 1 aromatic carbocycles. The Kier molecular flexibility index (Phi) is 5.69. The summed E-state index contributed by atoms with van der Waals surface area (Å²) in [6, 6.07) is 11.1. The molecule has 3 aromatic heterocycles. The number of pyridine rings is 1. The molecule has 0 atom stereocenters. The maximum atomic E-state index is 12.4. The first kappa shape index (κ1) is 20.2. The van der Waals surface area contributed by atoms with Gasteiger partial charge in [-0.3, -0.25) is 19.3 Å². The van der Waals surface area contributed by atoms with Gasteiger partial charge in [-0.05, 0) is 44.2 Å². The van der Waals surface area contributed by atoms with Crippen LogP contribution < -0.4 is 10.6 Å². The monoisotopic (exact) mass is 419 g/mol. The molecule has 0 saturated heterocycles. The number of rotatable bonds is 7. The van der Waals surface area contributed by atoms with Gasteiger partial charge >= 0.3 is 11.8 Å². The van der Waals surface area contributed by atoms with Crippen molar-refractivity contribution >= 4 is 28.4 Å². The van der Waals surface area contributed by atoms with E-state index in [1.165, 1.54) is 0 Å². The van der Waals surface area contributed by atoms with E-state index in [0.717, 1.165) is 22.3 Å². The van der Waals surface area contributed by atoms with Crippen molar-refractivity contribution in [3.63, 3.8) is 0 Å². The summed E-state index contributed by atoms with van der Waals surface area (Å²) in [5, 5.41) is 14.4. The van der Waals surface area contributed by atoms with Crippen molar-refractivity contribution in [3.8, 4) is 0 Å². The van der Waals surface area contributed by atoms with Crippen molar-refractivity contribution in [1.82, 2.24) is 30.2 Å². The summed E-state index contributed by atoms with van der Waals surface area (Å²) >= 11 is 0. The number of nitrogens with zero attached hydrogens (tertiary/aromatic N) is 5. The van der Waals surface area contributed by atoms with Gasteiger partial charge in [0, 0.05) is 23.8 Å². The standard InChI is InChI=1S/C21H21N7O3/c1-13-11-14(2)28(26-13)10-9-23-20(30)21-25-18(27-31-21)12-19(29)24-17-7-3-6-16-15(17)5-4-8-22-16/h3-8,11H,9-10,12H2,1-2H3,(H,23,30)(H,24,29). The Morgan fingerprint density at radius 1 is 1.16 bits per heavy atom. The molecule has 0 spiro atoms. The minimum atomic E-state index is -0.499. The van der Waals surface area contributed by atoms with Gasteiger partial charge in [0.25, 0.3) is 0 Å². The molecule has 0 unspecified atom stereocenters. The van der Waals surface area contributed by atoms with E-state index in [9.17, 15) is 9.59 Å². The Balaban J connectivity index is 1.32. The second kappa shape index (κ2) is 8.74. The summed E-state index contributed by atoms with van der Waals surface area (Å²) in [4.78, 5) is 32.9. The van der Waals surface area contributed by atoms with Gasteiger partial charge in [-0.2, -0.15) is 10.1 Å². The molecule has 4 rings (SSSR count). The predicted molar refractivity (Wildman–Crippen MR) is 112 cm³/mol.